The predicted octanol–water partition coefficient (Wildman–Crippen LogP) is -1.89. The Morgan fingerprint density at radius 1 is 1.50 bits per heavy atom. The molecule has 11 heteroatoms. The minimum atomic E-state index is -1.72. The number of fused-ring (bicyclic) bond motifs is 1. The fourth-order valence-electron chi connectivity index (χ4n) is 2.93. The van der Waals surface area contributed by atoms with Gasteiger partial charge in [0.15, 0.2) is 12.1 Å². The summed E-state index contributed by atoms with van der Waals surface area (Å²) in [7, 11) is 0. The molecule has 3 heterocycles. The van der Waals surface area contributed by atoms with Crippen LogP contribution in [0.25, 0.3) is 11.0 Å². The fraction of sp³-hybridized carbons (Fsp3) is 0.462. The second kappa shape index (κ2) is 5.56. The van der Waals surface area contributed by atoms with Gasteiger partial charge >= 0.3 is 0 Å². The molecule has 0 radical (unpaired) electrons. The highest BCUT2D eigenvalue weighted by atomic mass is 16.6. The number of anilines is 1. The lowest BCUT2D eigenvalue weighted by atomic mass is 9.96. The van der Waals surface area contributed by atoms with Gasteiger partial charge in [-0.3, -0.25) is 0 Å². The summed E-state index contributed by atoms with van der Waals surface area (Å²) in [5.41, 5.74) is 10.3. The molecule has 24 heavy (non-hydrogen) atoms. The second-order valence-electron chi connectivity index (χ2n) is 5.77. The number of aliphatic hydroxyl groups is 3. The van der Waals surface area contributed by atoms with Crippen LogP contribution in [0.5, 0.6) is 0 Å². The van der Waals surface area contributed by atoms with E-state index in [0.29, 0.717) is 5.39 Å². The summed E-state index contributed by atoms with van der Waals surface area (Å²) in [6, 6.07) is 0. The molecule has 8 N–H and O–H groups in total. The zero-order valence-corrected chi connectivity index (χ0v) is 12.7. The van der Waals surface area contributed by atoms with Gasteiger partial charge in [-0.1, -0.05) is 5.16 Å². The third kappa shape index (κ3) is 2.17. The van der Waals surface area contributed by atoms with Crippen LogP contribution in [0.4, 0.5) is 5.82 Å². The van der Waals surface area contributed by atoms with Gasteiger partial charge in [0.25, 0.3) is 0 Å². The molecule has 0 aliphatic carbocycles. The van der Waals surface area contributed by atoms with Crippen molar-refractivity contribution in [3.8, 4) is 0 Å². The third-order valence-electron chi connectivity index (χ3n) is 4.21. The van der Waals surface area contributed by atoms with E-state index >= 15 is 0 Å². The summed E-state index contributed by atoms with van der Waals surface area (Å²) < 4.78 is 6.97. The molecule has 0 bridgehead atoms. The molecule has 1 aliphatic heterocycles. The molecule has 4 atom stereocenters. The Labute approximate surface area is 135 Å². The summed E-state index contributed by atoms with van der Waals surface area (Å²) in [4.78, 5) is 7.99. The van der Waals surface area contributed by atoms with Crippen LogP contribution < -0.4 is 11.5 Å². The molecule has 0 saturated carbocycles. The Hall–Kier alpha value is -2.47. The standard InChI is InChI=1S/C13H18N6O5/c1-13(22)8(21)6(3-20)24-12(13)19-2-5(9(14)18-23)7-10(15)16-4-17-11(7)19/h2,4,6,8,12,20-23H,3H2,1H3,(H2,14,18)(H2,15,16,17)/t6-,8-,12?,13-/m1/s1. The Morgan fingerprint density at radius 3 is 2.79 bits per heavy atom. The number of ether oxygens (including phenoxy) is 1. The van der Waals surface area contributed by atoms with Crippen LogP contribution in [-0.2, 0) is 4.74 Å². The first kappa shape index (κ1) is 16.4. The van der Waals surface area contributed by atoms with Crippen LogP contribution in [0.15, 0.2) is 17.7 Å². The number of nitrogens with zero attached hydrogens (tertiary/aromatic N) is 4. The van der Waals surface area contributed by atoms with E-state index in [9.17, 15) is 15.3 Å². The van der Waals surface area contributed by atoms with E-state index in [1.807, 2.05) is 0 Å². The minimum Gasteiger partial charge on any atom is -0.409 e. The molecule has 130 valence electrons. The van der Waals surface area contributed by atoms with Crippen LogP contribution in [0.1, 0.15) is 18.7 Å². The summed E-state index contributed by atoms with van der Waals surface area (Å²) in [5, 5.41) is 42.3. The summed E-state index contributed by atoms with van der Waals surface area (Å²) in [6.45, 7) is 0.898. The Morgan fingerprint density at radius 2 is 2.21 bits per heavy atom. The van der Waals surface area contributed by atoms with E-state index in [1.165, 1.54) is 24.0 Å². The largest absolute Gasteiger partial charge is 0.409 e. The summed E-state index contributed by atoms with van der Waals surface area (Å²) in [6.07, 6.45) is -0.739. The topological polar surface area (TPSA) is 185 Å². The van der Waals surface area contributed by atoms with Crippen molar-refractivity contribution in [3.63, 3.8) is 0 Å². The van der Waals surface area contributed by atoms with Crippen LogP contribution in [0, 0.1) is 0 Å². The molecule has 1 fully saturated rings. The number of nitrogen functional groups attached to an aromatic ring is 1. The molecule has 3 rings (SSSR count). The molecule has 2 aromatic rings. The molecular weight excluding hydrogens is 320 g/mol. The van der Waals surface area contributed by atoms with E-state index in [0.717, 1.165) is 0 Å². The van der Waals surface area contributed by atoms with Gasteiger partial charge in [-0.15, -0.1) is 0 Å². The highest BCUT2D eigenvalue weighted by molar-refractivity contribution is 6.11. The fourth-order valence-corrected chi connectivity index (χ4v) is 2.93. The zero-order chi connectivity index (χ0) is 17.6. The van der Waals surface area contributed by atoms with Gasteiger partial charge in [0, 0.05) is 6.20 Å². The predicted molar refractivity (Wildman–Crippen MR) is 82.1 cm³/mol. The Kier molecular flexibility index (Phi) is 3.80. The lowest BCUT2D eigenvalue weighted by Gasteiger charge is -2.27. The van der Waals surface area contributed by atoms with Crippen LogP contribution in [-0.4, -0.2) is 65.3 Å². The van der Waals surface area contributed by atoms with Crippen molar-refractivity contribution in [2.24, 2.45) is 10.9 Å². The van der Waals surface area contributed by atoms with Crippen LogP contribution in [0.3, 0.4) is 0 Å². The second-order valence-corrected chi connectivity index (χ2v) is 5.77. The summed E-state index contributed by atoms with van der Waals surface area (Å²) >= 11 is 0. The van der Waals surface area contributed by atoms with Crippen LogP contribution in [0.2, 0.25) is 0 Å². The molecule has 0 amide bonds. The van der Waals surface area contributed by atoms with Gasteiger partial charge in [0.05, 0.1) is 17.6 Å². The minimum absolute atomic E-state index is 0.0947. The first-order valence-electron chi connectivity index (χ1n) is 7.08. The van der Waals surface area contributed by atoms with Crippen molar-refractivity contribution in [1.29, 1.82) is 0 Å². The number of amidine groups is 1. The van der Waals surface area contributed by atoms with Gasteiger partial charge in [0.2, 0.25) is 0 Å². The first-order valence-corrected chi connectivity index (χ1v) is 7.08. The first-order chi connectivity index (χ1) is 11.3. The smallest absolute Gasteiger partial charge is 0.172 e. The molecule has 1 aliphatic rings. The Bertz CT molecular complexity index is 803. The van der Waals surface area contributed by atoms with E-state index in [4.69, 9.17) is 21.4 Å². The third-order valence-corrected chi connectivity index (χ3v) is 4.21. The monoisotopic (exact) mass is 338 g/mol. The maximum absolute atomic E-state index is 10.6. The van der Waals surface area contributed by atoms with Crippen molar-refractivity contribution in [2.75, 3.05) is 12.3 Å². The van der Waals surface area contributed by atoms with E-state index < -0.39 is 30.6 Å². The average molecular weight is 338 g/mol. The maximum atomic E-state index is 10.6. The number of rotatable bonds is 3. The normalized spacial score (nSPS) is 31.0. The highest BCUT2D eigenvalue weighted by Crippen LogP contribution is 2.40. The van der Waals surface area contributed by atoms with Crippen LogP contribution >= 0.6 is 0 Å². The lowest BCUT2D eigenvalue weighted by Crippen LogP contribution is -2.44. The SMILES string of the molecule is C[C@]1(O)C(n2cc(C(N)=NO)c3c(N)ncnc32)O[C@H](CO)[C@H]1O. The van der Waals surface area contributed by atoms with Crippen molar-refractivity contribution in [2.45, 2.75) is 31.0 Å². The van der Waals surface area contributed by atoms with Gasteiger partial charge < -0.3 is 41.3 Å². The quantitative estimate of drug-likeness (QED) is 0.161. The maximum Gasteiger partial charge on any atom is 0.172 e. The van der Waals surface area contributed by atoms with Crippen molar-refractivity contribution in [3.05, 3.63) is 18.1 Å². The number of nitrogens with two attached hydrogens (primary N) is 2. The van der Waals surface area contributed by atoms with E-state index in [2.05, 4.69) is 15.1 Å². The average Bonchev–Trinajstić information content (AvgIpc) is 3.04. The lowest BCUT2D eigenvalue weighted by molar-refractivity contribution is -0.0948. The van der Waals surface area contributed by atoms with E-state index in [-0.39, 0.29) is 22.9 Å². The molecule has 0 spiro atoms. The van der Waals surface area contributed by atoms with Gasteiger partial charge in [-0.05, 0) is 6.92 Å². The number of hydrogen-bond acceptors (Lipinski definition) is 9. The molecule has 1 unspecified atom stereocenters. The van der Waals surface area contributed by atoms with Gasteiger partial charge in [0.1, 0.15) is 35.6 Å². The highest BCUT2D eigenvalue weighted by Gasteiger charge is 2.53. The number of oxime groups is 1. The molecule has 2 aromatic heterocycles. The Balaban J connectivity index is 2.23. The van der Waals surface area contributed by atoms with E-state index in [1.54, 1.807) is 0 Å². The van der Waals surface area contributed by atoms with Crippen molar-refractivity contribution >= 4 is 22.7 Å². The molecule has 1 saturated heterocycles. The molecule has 11 nitrogen and oxygen atoms in total. The van der Waals surface area contributed by atoms with Crippen molar-refractivity contribution in [1.82, 2.24) is 14.5 Å². The van der Waals surface area contributed by atoms with Crippen molar-refractivity contribution < 1.29 is 25.3 Å². The molecule has 0 aromatic carbocycles. The zero-order valence-electron chi connectivity index (χ0n) is 12.7. The summed E-state index contributed by atoms with van der Waals surface area (Å²) in [5.74, 6) is -0.130. The number of aliphatic hydroxyl groups excluding tert-OH is 2. The number of aromatic nitrogens is 3. The van der Waals surface area contributed by atoms with Gasteiger partial charge in [-0.25, -0.2) is 9.97 Å². The molecular formula is C13H18N6O5. The number of hydrogen-bond donors (Lipinski definition) is 6. The van der Waals surface area contributed by atoms with Gasteiger partial charge in [-0.2, -0.15) is 0 Å².